The molecule has 0 amide bonds. The summed E-state index contributed by atoms with van der Waals surface area (Å²) in [7, 11) is -15.1. The Morgan fingerprint density at radius 2 is 1.52 bits per heavy atom. The van der Waals surface area contributed by atoms with Gasteiger partial charge >= 0.3 is 23.5 Å². The van der Waals surface area contributed by atoms with Crippen LogP contribution in [-0.2, 0) is 36.1 Å². The third kappa shape index (κ3) is 6.58. The molecule has 17 heteroatoms. The molecule has 7 atom stereocenters. The lowest BCUT2D eigenvalue weighted by molar-refractivity contribution is -0.0196. The van der Waals surface area contributed by atoms with Crippen LogP contribution in [-0.4, -0.2) is 63.1 Å². The lowest BCUT2D eigenvalue weighted by Crippen LogP contribution is -2.37. The molecule has 1 rings (SSSR count). The molecule has 0 aromatic carbocycles. The molecule has 1 aliphatic rings. The quantitative estimate of drug-likeness (QED) is 0.251. The highest BCUT2D eigenvalue weighted by Crippen LogP contribution is 2.67. The Morgan fingerprint density at radius 1 is 1.00 bits per heavy atom. The fourth-order valence-electron chi connectivity index (χ4n) is 1.42. The predicted molar refractivity (Wildman–Crippen MR) is 69.5 cm³/mol. The van der Waals surface area contributed by atoms with E-state index in [0.717, 1.165) is 0 Å². The zero-order valence-electron chi connectivity index (χ0n) is 11.4. The minimum absolute atomic E-state index is 0.670. The van der Waals surface area contributed by atoms with Crippen molar-refractivity contribution in [3.63, 3.8) is 0 Å². The number of phosphoric acid groups is 3. The molecule has 1 aliphatic heterocycles. The first kappa shape index (κ1) is 21.3. The Kier molecular flexibility index (Phi) is 7.08. The fourth-order valence-corrected chi connectivity index (χ4v) is 4.68. The van der Waals surface area contributed by atoms with E-state index in [-0.39, 0.29) is 0 Å². The maximum Gasteiger partial charge on any atom is 0.490 e. The van der Waals surface area contributed by atoms with Gasteiger partial charge in [0.1, 0.15) is 24.5 Å². The molecular weight excluding hydrogens is 387 g/mol. The van der Waals surface area contributed by atoms with Crippen LogP contribution in [0.25, 0.3) is 0 Å². The maximum atomic E-state index is 11.5. The molecule has 7 N–H and O–H groups in total. The van der Waals surface area contributed by atoms with Gasteiger partial charge in [-0.15, -0.1) is 0 Å². The summed E-state index contributed by atoms with van der Waals surface area (Å²) in [5, 5.41) is 18.8. The molecule has 0 aromatic rings. The number of phosphoric ester groups is 2. The number of rotatable bonds is 8. The van der Waals surface area contributed by atoms with Crippen molar-refractivity contribution in [3.8, 4) is 0 Å². The number of ether oxygens (including phenoxy) is 1. The lowest BCUT2D eigenvalue weighted by atomic mass is 10.1. The third-order valence-electron chi connectivity index (χ3n) is 2.44. The first-order valence-electron chi connectivity index (χ1n) is 5.67. The van der Waals surface area contributed by atoms with Crippen molar-refractivity contribution in [1.82, 2.24) is 0 Å². The zero-order chi connectivity index (χ0) is 18.1. The van der Waals surface area contributed by atoms with Crippen molar-refractivity contribution in [2.75, 3.05) is 13.7 Å². The summed E-state index contributed by atoms with van der Waals surface area (Å²) >= 11 is 0. The van der Waals surface area contributed by atoms with E-state index in [1.807, 2.05) is 0 Å². The van der Waals surface area contributed by atoms with Crippen LogP contribution >= 0.6 is 23.5 Å². The molecule has 23 heavy (non-hydrogen) atoms. The van der Waals surface area contributed by atoms with E-state index in [1.54, 1.807) is 0 Å². The van der Waals surface area contributed by atoms with Crippen LogP contribution in [0.5, 0.6) is 0 Å². The SMILES string of the molecule is COP(=O)(O)OP(=O)(O)OP(=O)(O)OC[C@H]1O[C@@H](N)C(O)C1O. The predicted octanol–water partition coefficient (Wildman–Crippen LogP) is -1.61. The minimum Gasteiger partial charge on any atom is -0.387 e. The highest BCUT2D eigenvalue weighted by molar-refractivity contribution is 7.66. The van der Waals surface area contributed by atoms with Gasteiger partial charge in [0.2, 0.25) is 0 Å². The van der Waals surface area contributed by atoms with Gasteiger partial charge < -0.3 is 35.4 Å². The van der Waals surface area contributed by atoms with E-state index in [9.17, 15) is 28.8 Å². The minimum atomic E-state index is -5.51. The van der Waals surface area contributed by atoms with E-state index < -0.39 is 54.6 Å². The summed E-state index contributed by atoms with van der Waals surface area (Å²) in [5.41, 5.74) is 5.26. The summed E-state index contributed by atoms with van der Waals surface area (Å²) in [5.74, 6) is 0. The smallest absolute Gasteiger partial charge is 0.387 e. The zero-order valence-corrected chi connectivity index (χ0v) is 14.1. The second-order valence-corrected chi connectivity index (χ2v) is 8.91. The van der Waals surface area contributed by atoms with Crippen molar-refractivity contribution in [1.29, 1.82) is 0 Å². The van der Waals surface area contributed by atoms with E-state index in [0.29, 0.717) is 7.11 Å². The number of hydrogen-bond donors (Lipinski definition) is 6. The molecule has 0 bridgehead atoms. The summed E-state index contributed by atoms with van der Waals surface area (Å²) in [6.07, 6.45) is -5.62. The van der Waals surface area contributed by atoms with Gasteiger partial charge in [-0.1, -0.05) is 0 Å². The number of aliphatic hydroxyl groups excluding tert-OH is 2. The van der Waals surface area contributed by atoms with Crippen molar-refractivity contribution in [3.05, 3.63) is 0 Å². The van der Waals surface area contributed by atoms with Gasteiger partial charge in [0.15, 0.2) is 0 Å². The summed E-state index contributed by atoms with van der Waals surface area (Å²) in [6, 6.07) is 0. The Hall–Kier alpha value is 0.250. The van der Waals surface area contributed by atoms with E-state index >= 15 is 0 Å². The Labute approximate surface area is 129 Å². The molecule has 1 fully saturated rings. The standard InChI is InChI=1S/C6H16NO13P3/c1-16-21(10,11)19-23(14,15)20-22(12,13)17-2-3-4(8)5(9)6(7)18-3/h3-6,8-9H,2,7H2,1H3,(H,10,11)(H,12,13)(H,14,15)/t3-,4?,5?,6-/m1/s1. The van der Waals surface area contributed by atoms with Crippen LogP contribution in [0.4, 0.5) is 0 Å². The molecule has 0 aromatic heterocycles. The first-order valence-corrected chi connectivity index (χ1v) is 10.2. The molecule has 1 heterocycles. The van der Waals surface area contributed by atoms with Gasteiger partial charge in [-0.3, -0.25) is 9.05 Å². The van der Waals surface area contributed by atoms with Crippen molar-refractivity contribution in [2.45, 2.75) is 24.5 Å². The number of hydrogen-bond acceptors (Lipinski definition) is 11. The summed E-state index contributed by atoms with van der Waals surface area (Å²) in [4.78, 5) is 27.2. The van der Waals surface area contributed by atoms with Crippen molar-refractivity contribution in [2.24, 2.45) is 5.73 Å². The van der Waals surface area contributed by atoms with Gasteiger partial charge in [0.25, 0.3) is 0 Å². The lowest BCUT2D eigenvalue weighted by Gasteiger charge is -2.19. The highest BCUT2D eigenvalue weighted by Gasteiger charge is 2.45. The van der Waals surface area contributed by atoms with Crippen LogP contribution in [0.15, 0.2) is 0 Å². The normalized spacial score (nSPS) is 36.1. The molecule has 0 saturated carbocycles. The maximum absolute atomic E-state index is 11.5. The largest absolute Gasteiger partial charge is 0.490 e. The summed E-state index contributed by atoms with van der Waals surface area (Å²) < 4.78 is 54.1. The van der Waals surface area contributed by atoms with Crippen molar-refractivity contribution >= 4 is 23.5 Å². The average molecular weight is 403 g/mol. The monoisotopic (exact) mass is 403 g/mol. The van der Waals surface area contributed by atoms with E-state index in [4.69, 9.17) is 20.3 Å². The molecule has 14 nitrogen and oxygen atoms in total. The van der Waals surface area contributed by atoms with E-state index in [2.05, 4.69) is 17.7 Å². The van der Waals surface area contributed by atoms with Crippen LogP contribution in [0.2, 0.25) is 0 Å². The summed E-state index contributed by atoms with van der Waals surface area (Å²) in [6.45, 7) is -0.860. The molecule has 138 valence electrons. The molecule has 0 aliphatic carbocycles. The van der Waals surface area contributed by atoms with Gasteiger partial charge in [-0.2, -0.15) is 8.62 Å². The van der Waals surface area contributed by atoms with Crippen LogP contribution in [0.1, 0.15) is 0 Å². The molecular formula is C6H16NO13P3. The van der Waals surface area contributed by atoms with Gasteiger partial charge in [0, 0.05) is 7.11 Å². The second kappa shape index (κ2) is 7.65. The Morgan fingerprint density at radius 3 is 1.96 bits per heavy atom. The van der Waals surface area contributed by atoms with Crippen LogP contribution in [0, 0.1) is 0 Å². The molecule has 0 radical (unpaired) electrons. The average Bonchev–Trinajstić information content (AvgIpc) is 2.61. The first-order chi connectivity index (χ1) is 10.3. The Bertz CT molecular complexity index is 554. The fraction of sp³-hybridized carbons (Fsp3) is 1.00. The molecule has 5 unspecified atom stereocenters. The topological polar surface area (TPSA) is 225 Å². The highest BCUT2D eigenvalue weighted by atomic mass is 31.3. The van der Waals surface area contributed by atoms with Crippen molar-refractivity contribution < 1.29 is 61.0 Å². The van der Waals surface area contributed by atoms with E-state index in [1.165, 1.54) is 0 Å². The van der Waals surface area contributed by atoms with Crippen LogP contribution < -0.4 is 5.73 Å². The van der Waals surface area contributed by atoms with Gasteiger partial charge in [0.05, 0.1) is 6.61 Å². The van der Waals surface area contributed by atoms with Gasteiger partial charge in [-0.25, -0.2) is 13.7 Å². The second-order valence-electron chi connectivity index (χ2n) is 4.17. The van der Waals surface area contributed by atoms with Crippen LogP contribution in [0.3, 0.4) is 0 Å². The molecule has 1 saturated heterocycles. The number of aliphatic hydroxyl groups is 2. The van der Waals surface area contributed by atoms with Gasteiger partial charge in [-0.05, 0) is 0 Å². The Balaban J connectivity index is 2.61. The molecule has 0 spiro atoms. The number of nitrogens with two attached hydrogens (primary N) is 1. The third-order valence-corrected chi connectivity index (χ3v) is 6.68.